The van der Waals surface area contributed by atoms with Crippen molar-refractivity contribution in [3.8, 4) is 0 Å². The minimum absolute atomic E-state index is 0.260. The van der Waals surface area contributed by atoms with Gasteiger partial charge in [-0.1, -0.05) is 0 Å². The van der Waals surface area contributed by atoms with Crippen molar-refractivity contribution in [2.75, 3.05) is 22.9 Å². The summed E-state index contributed by atoms with van der Waals surface area (Å²) in [5, 5.41) is 9.76. The number of aromatic nitrogens is 4. The first-order valence-corrected chi connectivity index (χ1v) is 8.71. The largest absolute Gasteiger partial charge is 0.385 e. The van der Waals surface area contributed by atoms with E-state index in [4.69, 9.17) is 0 Å². The Balaban J connectivity index is 1.84. The summed E-state index contributed by atoms with van der Waals surface area (Å²) in [4.78, 5) is 22.3. The van der Waals surface area contributed by atoms with Crippen molar-refractivity contribution in [2.24, 2.45) is 0 Å². The van der Waals surface area contributed by atoms with E-state index in [1.807, 2.05) is 26.0 Å². The lowest BCUT2D eigenvalue weighted by molar-refractivity contribution is 0.189. The molecule has 0 saturated carbocycles. The maximum absolute atomic E-state index is 9.76. The minimum Gasteiger partial charge on any atom is -0.385 e. The molecule has 1 saturated heterocycles. The molecule has 25 heavy (non-hydrogen) atoms. The summed E-state index contributed by atoms with van der Waals surface area (Å²) in [5.41, 5.74) is 0.989. The molecular formula is C18H26N6O. The molecule has 0 aliphatic carbocycles. The zero-order valence-electron chi connectivity index (χ0n) is 15.5. The average Bonchev–Trinajstić information content (AvgIpc) is 2.53. The summed E-state index contributed by atoms with van der Waals surface area (Å²) in [7, 11) is 0. The number of aliphatic hydroxyl groups is 1. The molecule has 0 spiro atoms. The monoisotopic (exact) mass is 342 g/mol. The Morgan fingerprint density at radius 3 is 2.36 bits per heavy atom. The number of nitrogens with zero attached hydrogens (tertiary/aromatic N) is 6. The van der Waals surface area contributed by atoms with Crippen LogP contribution in [0.1, 0.15) is 44.2 Å². The number of aliphatic hydroxyl groups excluding tert-OH is 1. The van der Waals surface area contributed by atoms with Crippen LogP contribution in [0.5, 0.6) is 0 Å². The fraction of sp³-hybridized carbons (Fsp3) is 0.556. The van der Waals surface area contributed by atoms with Gasteiger partial charge >= 0.3 is 0 Å². The molecule has 0 radical (unpaired) electrons. The number of hydrogen-bond acceptors (Lipinski definition) is 7. The maximum Gasteiger partial charge on any atom is 0.158 e. The van der Waals surface area contributed by atoms with Crippen molar-refractivity contribution >= 4 is 11.6 Å². The lowest BCUT2D eigenvalue weighted by atomic mass is 10.1. The van der Waals surface area contributed by atoms with Gasteiger partial charge in [-0.25, -0.2) is 19.9 Å². The molecule has 0 aromatic carbocycles. The quantitative estimate of drug-likeness (QED) is 0.914. The van der Waals surface area contributed by atoms with E-state index < -0.39 is 6.10 Å². The van der Waals surface area contributed by atoms with Gasteiger partial charge in [0, 0.05) is 43.1 Å². The van der Waals surface area contributed by atoms with E-state index >= 15 is 0 Å². The first kappa shape index (κ1) is 17.5. The molecule has 7 nitrogen and oxygen atoms in total. The third kappa shape index (κ3) is 3.71. The average molecular weight is 342 g/mol. The van der Waals surface area contributed by atoms with Crippen molar-refractivity contribution in [3.63, 3.8) is 0 Å². The number of piperazine rings is 1. The Hall–Kier alpha value is -2.28. The van der Waals surface area contributed by atoms with E-state index in [0.29, 0.717) is 5.82 Å². The third-order valence-electron chi connectivity index (χ3n) is 4.49. The Labute approximate surface area is 148 Å². The van der Waals surface area contributed by atoms with Crippen LogP contribution in [0.3, 0.4) is 0 Å². The zero-order chi connectivity index (χ0) is 18.1. The van der Waals surface area contributed by atoms with Crippen LogP contribution in [0, 0.1) is 13.8 Å². The fourth-order valence-electron chi connectivity index (χ4n) is 3.53. The summed E-state index contributed by atoms with van der Waals surface area (Å²) in [5.74, 6) is 3.10. The van der Waals surface area contributed by atoms with Crippen LogP contribution < -0.4 is 9.80 Å². The van der Waals surface area contributed by atoms with Crippen LogP contribution in [-0.2, 0) is 0 Å². The molecule has 134 valence electrons. The molecule has 1 aliphatic heterocycles. The van der Waals surface area contributed by atoms with E-state index in [-0.39, 0.29) is 12.1 Å². The van der Waals surface area contributed by atoms with Crippen LogP contribution >= 0.6 is 0 Å². The zero-order valence-corrected chi connectivity index (χ0v) is 15.5. The fourth-order valence-corrected chi connectivity index (χ4v) is 3.53. The van der Waals surface area contributed by atoms with Crippen LogP contribution in [0.25, 0.3) is 0 Å². The first-order chi connectivity index (χ1) is 11.8. The summed E-state index contributed by atoms with van der Waals surface area (Å²) >= 11 is 0. The molecule has 1 fully saturated rings. The van der Waals surface area contributed by atoms with E-state index in [1.54, 1.807) is 13.1 Å². The number of aryl methyl sites for hydroxylation is 2. The molecule has 3 atom stereocenters. The van der Waals surface area contributed by atoms with Crippen molar-refractivity contribution in [1.29, 1.82) is 0 Å². The molecule has 2 aromatic heterocycles. The van der Waals surface area contributed by atoms with Crippen molar-refractivity contribution in [2.45, 2.75) is 52.8 Å². The molecule has 2 aromatic rings. The van der Waals surface area contributed by atoms with Gasteiger partial charge in [-0.05, 0) is 40.7 Å². The molecule has 3 rings (SSSR count). The van der Waals surface area contributed by atoms with Crippen LogP contribution in [-0.4, -0.2) is 50.2 Å². The van der Waals surface area contributed by atoms with Crippen LogP contribution in [0.15, 0.2) is 18.3 Å². The van der Waals surface area contributed by atoms with Gasteiger partial charge in [-0.3, -0.25) is 0 Å². The second-order valence-electron chi connectivity index (χ2n) is 6.87. The smallest absolute Gasteiger partial charge is 0.158 e. The number of hydrogen-bond donors (Lipinski definition) is 1. The Kier molecular flexibility index (Phi) is 4.85. The van der Waals surface area contributed by atoms with E-state index in [9.17, 15) is 5.11 Å². The van der Waals surface area contributed by atoms with E-state index in [2.05, 4.69) is 43.6 Å². The van der Waals surface area contributed by atoms with Crippen molar-refractivity contribution < 1.29 is 5.11 Å². The summed E-state index contributed by atoms with van der Waals surface area (Å²) in [6.07, 6.45) is 1.05. The van der Waals surface area contributed by atoms with E-state index in [0.717, 1.165) is 36.2 Å². The first-order valence-electron chi connectivity index (χ1n) is 8.71. The maximum atomic E-state index is 9.76. The number of rotatable bonds is 3. The molecule has 1 aliphatic rings. The molecule has 0 amide bonds. The number of anilines is 2. The van der Waals surface area contributed by atoms with Gasteiger partial charge in [0.1, 0.15) is 23.6 Å². The highest BCUT2D eigenvalue weighted by molar-refractivity contribution is 5.48. The highest BCUT2D eigenvalue weighted by Gasteiger charge is 2.31. The summed E-state index contributed by atoms with van der Waals surface area (Å²) in [6.45, 7) is 11.7. The minimum atomic E-state index is -0.668. The molecule has 1 N–H and O–H groups in total. The molecular weight excluding hydrogens is 316 g/mol. The Morgan fingerprint density at radius 1 is 1.08 bits per heavy atom. The Morgan fingerprint density at radius 2 is 1.76 bits per heavy atom. The van der Waals surface area contributed by atoms with Gasteiger partial charge in [-0.2, -0.15) is 0 Å². The SMILES string of the molecule is Cc1cc(N2CC(C)N(c3ccnc(C(C)O)n3)C(C)C2)nc(C)n1. The Bertz CT molecular complexity index is 718. The van der Waals surface area contributed by atoms with Gasteiger partial charge in [0.2, 0.25) is 0 Å². The third-order valence-corrected chi connectivity index (χ3v) is 4.49. The van der Waals surface area contributed by atoms with Gasteiger partial charge in [0.05, 0.1) is 0 Å². The van der Waals surface area contributed by atoms with Crippen LogP contribution in [0.4, 0.5) is 11.6 Å². The predicted octanol–water partition coefficient (Wildman–Crippen LogP) is 2.04. The lowest BCUT2D eigenvalue weighted by Gasteiger charge is -2.45. The second-order valence-corrected chi connectivity index (χ2v) is 6.87. The topological polar surface area (TPSA) is 78.3 Å². The molecule has 7 heteroatoms. The standard InChI is InChI=1S/C18H26N6O/c1-11-8-17(21-15(5)20-11)23-9-12(2)24(13(3)10-23)16-6-7-19-18(22-16)14(4)25/h6-8,12-14,25H,9-10H2,1-5H3. The molecule has 3 heterocycles. The van der Waals surface area contributed by atoms with Crippen molar-refractivity contribution in [1.82, 2.24) is 19.9 Å². The summed E-state index contributed by atoms with van der Waals surface area (Å²) in [6, 6.07) is 4.47. The highest BCUT2D eigenvalue weighted by Crippen LogP contribution is 2.26. The highest BCUT2D eigenvalue weighted by atomic mass is 16.3. The normalized spacial score (nSPS) is 22.2. The predicted molar refractivity (Wildman–Crippen MR) is 97.8 cm³/mol. The van der Waals surface area contributed by atoms with Gasteiger partial charge in [0.15, 0.2) is 5.82 Å². The summed E-state index contributed by atoms with van der Waals surface area (Å²) < 4.78 is 0. The van der Waals surface area contributed by atoms with Gasteiger partial charge < -0.3 is 14.9 Å². The molecule has 3 unspecified atom stereocenters. The van der Waals surface area contributed by atoms with Gasteiger partial charge in [-0.15, -0.1) is 0 Å². The van der Waals surface area contributed by atoms with E-state index in [1.165, 1.54) is 0 Å². The molecule has 0 bridgehead atoms. The van der Waals surface area contributed by atoms with Crippen molar-refractivity contribution in [3.05, 3.63) is 35.7 Å². The second kappa shape index (κ2) is 6.92. The lowest BCUT2D eigenvalue weighted by Crippen LogP contribution is -2.57. The van der Waals surface area contributed by atoms with Gasteiger partial charge in [0.25, 0.3) is 0 Å². The van der Waals surface area contributed by atoms with Crippen LogP contribution in [0.2, 0.25) is 0 Å².